The first-order valence-electron chi connectivity index (χ1n) is 10.3. The molecule has 0 atom stereocenters. The summed E-state index contributed by atoms with van der Waals surface area (Å²) in [5.74, 6) is -1.11. The maximum Gasteiger partial charge on any atom is 0.159 e. The third-order valence-electron chi connectivity index (χ3n) is 5.34. The monoisotopic (exact) mass is 426 g/mol. The van der Waals surface area contributed by atoms with Crippen molar-refractivity contribution in [2.45, 2.75) is 53.9 Å². The van der Waals surface area contributed by atoms with Crippen molar-refractivity contribution in [2.75, 3.05) is 0 Å². The topological polar surface area (TPSA) is 49.7 Å². The molecule has 3 rings (SSSR count). The number of fused-ring (bicyclic) bond motifs is 1. The van der Waals surface area contributed by atoms with Gasteiger partial charge in [-0.05, 0) is 71.2 Å². The largest absolute Gasteiger partial charge is 0.507 e. The second-order valence-electron chi connectivity index (χ2n) is 8.45. The number of benzene rings is 2. The summed E-state index contributed by atoms with van der Waals surface area (Å²) in [7, 11) is 0. The highest BCUT2D eigenvalue weighted by molar-refractivity contribution is 5.73. The predicted molar refractivity (Wildman–Crippen MR) is 119 cm³/mol. The fraction of sp³-hybridized carbons (Fsp3) is 0.308. The normalized spacial score (nSPS) is 12.9. The van der Waals surface area contributed by atoms with Gasteiger partial charge in [0.25, 0.3) is 0 Å². The molecular formula is C26H28F2O3. The third kappa shape index (κ3) is 4.66. The van der Waals surface area contributed by atoms with Crippen LogP contribution >= 0.6 is 0 Å². The van der Waals surface area contributed by atoms with E-state index in [2.05, 4.69) is 0 Å². The molecule has 0 amide bonds. The fourth-order valence-electron chi connectivity index (χ4n) is 3.63. The highest BCUT2D eigenvalue weighted by Gasteiger charge is 2.29. The van der Waals surface area contributed by atoms with Crippen molar-refractivity contribution < 1.29 is 23.7 Å². The number of ether oxygens (including phenoxy) is 1. The van der Waals surface area contributed by atoms with Gasteiger partial charge in [0.2, 0.25) is 0 Å². The average molecular weight is 427 g/mol. The standard InChI is InChI=1S/C26H28F2O3/c1-14(2)6-9-18-23(29)19(10-7-15(3)4)26-20(24(18)30)12-16(5)25(31-26)17-8-11-21(27)22(28)13-17/h6-8,11,13,29-30H,9-10,12H2,1-5H3. The summed E-state index contributed by atoms with van der Waals surface area (Å²) in [4.78, 5) is 0. The van der Waals surface area contributed by atoms with Gasteiger partial charge in [-0.25, -0.2) is 8.78 Å². The quantitative estimate of drug-likeness (QED) is 0.519. The van der Waals surface area contributed by atoms with Crippen LogP contribution in [-0.4, -0.2) is 10.2 Å². The molecule has 2 aromatic rings. The van der Waals surface area contributed by atoms with Gasteiger partial charge >= 0.3 is 0 Å². The Morgan fingerprint density at radius 1 is 0.935 bits per heavy atom. The van der Waals surface area contributed by atoms with E-state index in [1.807, 2.05) is 46.8 Å². The molecule has 31 heavy (non-hydrogen) atoms. The minimum atomic E-state index is -0.959. The number of rotatable bonds is 5. The van der Waals surface area contributed by atoms with Crippen LogP contribution in [0.15, 0.2) is 47.1 Å². The second-order valence-corrected chi connectivity index (χ2v) is 8.45. The number of allylic oxidation sites excluding steroid dienone is 5. The summed E-state index contributed by atoms with van der Waals surface area (Å²) in [5.41, 5.74) is 4.97. The molecule has 0 aliphatic carbocycles. The Morgan fingerprint density at radius 2 is 1.55 bits per heavy atom. The lowest BCUT2D eigenvalue weighted by Crippen LogP contribution is -2.12. The number of halogens is 2. The van der Waals surface area contributed by atoms with Gasteiger partial charge in [0, 0.05) is 28.7 Å². The van der Waals surface area contributed by atoms with Gasteiger partial charge in [-0.15, -0.1) is 0 Å². The molecule has 0 spiro atoms. The van der Waals surface area contributed by atoms with Crippen molar-refractivity contribution in [1.82, 2.24) is 0 Å². The minimum Gasteiger partial charge on any atom is -0.507 e. The van der Waals surface area contributed by atoms with Crippen LogP contribution in [0.5, 0.6) is 17.2 Å². The zero-order valence-electron chi connectivity index (χ0n) is 18.6. The Hall–Kier alpha value is -3.08. The molecule has 0 bridgehead atoms. The molecule has 1 aliphatic heterocycles. The lowest BCUT2D eigenvalue weighted by molar-refractivity contribution is 0.411. The highest BCUT2D eigenvalue weighted by atomic mass is 19.2. The van der Waals surface area contributed by atoms with E-state index in [4.69, 9.17) is 4.74 Å². The summed E-state index contributed by atoms with van der Waals surface area (Å²) >= 11 is 0. The van der Waals surface area contributed by atoms with Crippen LogP contribution in [0, 0.1) is 11.6 Å². The van der Waals surface area contributed by atoms with Crippen molar-refractivity contribution >= 4 is 5.76 Å². The van der Waals surface area contributed by atoms with Crippen LogP contribution in [0.4, 0.5) is 8.78 Å². The van der Waals surface area contributed by atoms with Gasteiger partial charge in [-0.3, -0.25) is 0 Å². The van der Waals surface area contributed by atoms with Crippen molar-refractivity contribution in [3.8, 4) is 17.2 Å². The van der Waals surface area contributed by atoms with Crippen LogP contribution in [0.2, 0.25) is 0 Å². The molecule has 0 aromatic heterocycles. The molecule has 0 saturated heterocycles. The maximum absolute atomic E-state index is 13.8. The van der Waals surface area contributed by atoms with Gasteiger partial charge in [-0.1, -0.05) is 23.3 Å². The van der Waals surface area contributed by atoms with Crippen molar-refractivity contribution in [1.29, 1.82) is 0 Å². The van der Waals surface area contributed by atoms with E-state index in [1.54, 1.807) is 0 Å². The van der Waals surface area contributed by atoms with Crippen LogP contribution in [-0.2, 0) is 19.3 Å². The zero-order chi connectivity index (χ0) is 22.9. The van der Waals surface area contributed by atoms with Crippen molar-refractivity contribution in [3.05, 3.63) is 81.0 Å². The zero-order valence-corrected chi connectivity index (χ0v) is 18.6. The maximum atomic E-state index is 13.8. The third-order valence-corrected chi connectivity index (χ3v) is 5.34. The molecule has 0 unspecified atom stereocenters. The summed E-state index contributed by atoms with van der Waals surface area (Å²) in [6, 6.07) is 3.62. The predicted octanol–water partition coefficient (Wildman–Crippen LogP) is 6.76. The van der Waals surface area contributed by atoms with Crippen LogP contribution in [0.1, 0.15) is 56.9 Å². The van der Waals surface area contributed by atoms with Crippen LogP contribution in [0.3, 0.4) is 0 Å². The average Bonchev–Trinajstić information content (AvgIpc) is 2.69. The second kappa shape index (κ2) is 8.96. The summed E-state index contributed by atoms with van der Waals surface area (Å²) < 4.78 is 33.4. The first kappa shape index (κ1) is 22.6. The Balaban J connectivity index is 2.17. The van der Waals surface area contributed by atoms with E-state index in [0.717, 1.165) is 28.9 Å². The molecule has 5 heteroatoms. The molecule has 3 nitrogen and oxygen atoms in total. The number of hydrogen-bond donors (Lipinski definition) is 2. The minimum absolute atomic E-state index is 0.00422. The van der Waals surface area contributed by atoms with Crippen molar-refractivity contribution in [3.63, 3.8) is 0 Å². The fourth-order valence-corrected chi connectivity index (χ4v) is 3.63. The van der Waals surface area contributed by atoms with E-state index in [0.29, 0.717) is 53.0 Å². The molecule has 0 radical (unpaired) electrons. The summed E-state index contributed by atoms with van der Waals surface area (Å²) in [5, 5.41) is 22.0. The smallest absolute Gasteiger partial charge is 0.159 e. The van der Waals surface area contributed by atoms with Crippen molar-refractivity contribution in [2.24, 2.45) is 0 Å². The molecule has 164 valence electrons. The molecule has 2 aromatic carbocycles. The van der Waals surface area contributed by atoms with Crippen LogP contribution in [0.25, 0.3) is 5.76 Å². The SMILES string of the molecule is CC(C)=CCc1c(O)c(CC=C(C)C)c2c(c1O)CC(C)=C(c1ccc(F)c(F)c1)O2. The summed E-state index contributed by atoms with van der Waals surface area (Å²) in [6.07, 6.45) is 5.11. The van der Waals surface area contributed by atoms with E-state index >= 15 is 0 Å². The molecule has 0 fully saturated rings. The van der Waals surface area contributed by atoms with Gasteiger partial charge in [0.1, 0.15) is 23.0 Å². The molecule has 1 aliphatic rings. The first-order chi connectivity index (χ1) is 14.6. The van der Waals surface area contributed by atoms with E-state index in [-0.39, 0.29) is 11.5 Å². The number of phenols is 2. The van der Waals surface area contributed by atoms with Gasteiger partial charge in [0.05, 0.1) is 0 Å². The van der Waals surface area contributed by atoms with Gasteiger partial charge in [0.15, 0.2) is 11.6 Å². The van der Waals surface area contributed by atoms with Gasteiger partial charge in [-0.2, -0.15) is 0 Å². The Kier molecular flexibility index (Phi) is 6.54. The number of phenolic OH excluding ortho intramolecular Hbond substituents is 2. The lowest BCUT2D eigenvalue weighted by Gasteiger charge is -2.27. The Bertz CT molecular complexity index is 1120. The number of hydrogen-bond acceptors (Lipinski definition) is 3. The first-order valence-corrected chi connectivity index (χ1v) is 10.3. The van der Waals surface area contributed by atoms with Crippen LogP contribution < -0.4 is 4.74 Å². The highest BCUT2D eigenvalue weighted by Crippen LogP contribution is 2.48. The Morgan fingerprint density at radius 3 is 2.13 bits per heavy atom. The molecule has 1 heterocycles. The number of aromatic hydroxyl groups is 2. The summed E-state index contributed by atoms with van der Waals surface area (Å²) in [6.45, 7) is 9.68. The van der Waals surface area contributed by atoms with E-state index in [9.17, 15) is 19.0 Å². The van der Waals surface area contributed by atoms with E-state index in [1.165, 1.54) is 6.07 Å². The van der Waals surface area contributed by atoms with E-state index < -0.39 is 11.6 Å². The molecule has 2 N–H and O–H groups in total. The molecular weight excluding hydrogens is 398 g/mol. The lowest BCUT2D eigenvalue weighted by atomic mass is 9.90. The van der Waals surface area contributed by atoms with Gasteiger partial charge < -0.3 is 14.9 Å². The Labute approximate surface area is 182 Å². The molecule has 0 saturated carbocycles.